The van der Waals surface area contributed by atoms with E-state index in [-0.39, 0.29) is 18.4 Å². The second-order valence-electron chi connectivity index (χ2n) is 7.10. The zero-order valence-electron chi connectivity index (χ0n) is 16.9. The van der Waals surface area contributed by atoms with Crippen LogP contribution in [-0.4, -0.2) is 23.3 Å². The lowest BCUT2D eigenvalue weighted by Gasteiger charge is -2.28. The normalized spacial score (nSPS) is 10.4. The summed E-state index contributed by atoms with van der Waals surface area (Å²) in [5.74, 6) is -0.224. The molecule has 3 aromatic carbocycles. The molecule has 0 fully saturated rings. The molecule has 0 aliphatic rings. The molecule has 0 saturated heterocycles. The third-order valence-electron chi connectivity index (χ3n) is 4.95. The molecule has 0 heterocycles. The molecule has 0 atom stereocenters. The molecule has 0 aromatic heterocycles. The Morgan fingerprint density at radius 1 is 0.759 bits per heavy atom. The van der Waals surface area contributed by atoms with E-state index >= 15 is 0 Å². The number of carbonyl (C=O) groups is 2. The highest BCUT2D eigenvalue weighted by atomic mass is 16.2. The molecule has 29 heavy (non-hydrogen) atoms. The number of anilines is 1. The summed E-state index contributed by atoms with van der Waals surface area (Å²) in [7, 11) is 0. The molecule has 0 unspecified atom stereocenters. The van der Waals surface area contributed by atoms with Gasteiger partial charge in [0.2, 0.25) is 11.8 Å². The van der Waals surface area contributed by atoms with Gasteiger partial charge in [0.05, 0.1) is 6.54 Å². The summed E-state index contributed by atoms with van der Waals surface area (Å²) in [6.07, 6.45) is 0. The van der Waals surface area contributed by atoms with Crippen molar-refractivity contribution >= 4 is 17.5 Å². The van der Waals surface area contributed by atoms with E-state index < -0.39 is 0 Å². The number of para-hydroxylation sites is 1. The van der Waals surface area contributed by atoms with Gasteiger partial charge in [0.15, 0.2) is 0 Å². The number of aryl methyl sites for hydroxylation is 1. The highest BCUT2D eigenvalue weighted by Crippen LogP contribution is 2.18. The lowest BCUT2D eigenvalue weighted by Crippen LogP contribution is -2.41. The lowest BCUT2D eigenvalue weighted by molar-refractivity contribution is -0.134. The van der Waals surface area contributed by atoms with Crippen molar-refractivity contribution in [3.05, 3.63) is 102 Å². The minimum absolute atomic E-state index is 0.0331. The molecule has 4 heteroatoms. The summed E-state index contributed by atoms with van der Waals surface area (Å²) in [5, 5.41) is 0. The SMILES string of the molecule is CC(=O)N(CC(=O)N(Cc1ccccc1)c1ccccc1)Cc1ccccc1C. The number of benzene rings is 3. The van der Waals surface area contributed by atoms with Crippen LogP contribution in [-0.2, 0) is 22.7 Å². The second kappa shape index (κ2) is 9.69. The summed E-state index contributed by atoms with van der Waals surface area (Å²) in [4.78, 5) is 28.9. The Kier molecular flexibility index (Phi) is 6.80. The summed E-state index contributed by atoms with van der Waals surface area (Å²) < 4.78 is 0. The van der Waals surface area contributed by atoms with E-state index in [4.69, 9.17) is 0 Å². The molecule has 0 bridgehead atoms. The highest BCUT2D eigenvalue weighted by Gasteiger charge is 2.21. The second-order valence-corrected chi connectivity index (χ2v) is 7.10. The van der Waals surface area contributed by atoms with E-state index in [9.17, 15) is 9.59 Å². The van der Waals surface area contributed by atoms with Crippen molar-refractivity contribution < 1.29 is 9.59 Å². The quantitative estimate of drug-likeness (QED) is 0.596. The Hall–Kier alpha value is -3.40. The van der Waals surface area contributed by atoms with E-state index in [0.717, 1.165) is 22.4 Å². The van der Waals surface area contributed by atoms with Gasteiger partial charge in [-0.2, -0.15) is 0 Å². The minimum atomic E-state index is -0.116. The van der Waals surface area contributed by atoms with Crippen molar-refractivity contribution in [3.8, 4) is 0 Å². The molecule has 0 aliphatic carbocycles. The van der Waals surface area contributed by atoms with Crippen LogP contribution in [0, 0.1) is 6.92 Å². The highest BCUT2D eigenvalue weighted by molar-refractivity contribution is 5.96. The monoisotopic (exact) mass is 386 g/mol. The summed E-state index contributed by atoms with van der Waals surface area (Å²) in [6, 6.07) is 27.4. The maximum absolute atomic E-state index is 13.3. The van der Waals surface area contributed by atoms with E-state index in [0.29, 0.717) is 13.1 Å². The number of carbonyl (C=O) groups excluding carboxylic acids is 2. The van der Waals surface area contributed by atoms with Crippen molar-refractivity contribution in [2.24, 2.45) is 0 Å². The first kappa shape index (κ1) is 20.3. The van der Waals surface area contributed by atoms with Crippen LogP contribution in [0.15, 0.2) is 84.9 Å². The summed E-state index contributed by atoms with van der Waals surface area (Å²) in [5.41, 5.74) is 4.01. The zero-order chi connectivity index (χ0) is 20.6. The van der Waals surface area contributed by atoms with Gasteiger partial charge in [0.1, 0.15) is 6.54 Å². The largest absolute Gasteiger partial charge is 0.329 e. The average molecular weight is 386 g/mol. The summed E-state index contributed by atoms with van der Waals surface area (Å²) >= 11 is 0. The van der Waals surface area contributed by atoms with Gasteiger partial charge < -0.3 is 9.80 Å². The van der Waals surface area contributed by atoms with Gasteiger partial charge in [-0.3, -0.25) is 9.59 Å². The molecule has 0 spiro atoms. The van der Waals surface area contributed by atoms with Crippen LogP contribution in [0.5, 0.6) is 0 Å². The third-order valence-corrected chi connectivity index (χ3v) is 4.95. The van der Waals surface area contributed by atoms with Crippen LogP contribution in [0.2, 0.25) is 0 Å². The van der Waals surface area contributed by atoms with Crippen LogP contribution < -0.4 is 4.90 Å². The number of hydrogen-bond acceptors (Lipinski definition) is 2. The van der Waals surface area contributed by atoms with E-state index in [1.165, 1.54) is 6.92 Å². The maximum Gasteiger partial charge on any atom is 0.246 e. The zero-order valence-corrected chi connectivity index (χ0v) is 16.9. The smallest absolute Gasteiger partial charge is 0.246 e. The molecule has 2 amide bonds. The summed E-state index contributed by atoms with van der Waals surface area (Å²) in [6.45, 7) is 4.43. The molecular weight excluding hydrogens is 360 g/mol. The van der Waals surface area contributed by atoms with Crippen LogP contribution >= 0.6 is 0 Å². The molecule has 0 N–H and O–H groups in total. The van der Waals surface area contributed by atoms with E-state index in [1.54, 1.807) is 9.80 Å². The Morgan fingerprint density at radius 2 is 1.34 bits per heavy atom. The third kappa shape index (κ3) is 5.55. The van der Waals surface area contributed by atoms with Crippen molar-refractivity contribution in [3.63, 3.8) is 0 Å². The van der Waals surface area contributed by atoms with Gasteiger partial charge in [-0.15, -0.1) is 0 Å². The Labute approximate surface area is 172 Å². The van der Waals surface area contributed by atoms with Gasteiger partial charge >= 0.3 is 0 Å². The van der Waals surface area contributed by atoms with Crippen molar-refractivity contribution in [1.29, 1.82) is 0 Å². The topological polar surface area (TPSA) is 40.6 Å². The lowest BCUT2D eigenvalue weighted by atomic mass is 10.1. The minimum Gasteiger partial charge on any atom is -0.329 e. The van der Waals surface area contributed by atoms with E-state index in [2.05, 4.69) is 0 Å². The molecule has 4 nitrogen and oxygen atoms in total. The number of nitrogens with zero attached hydrogens (tertiary/aromatic N) is 2. The predicted octanol–water partition coefficient (Wildman–Crippen LogP) is 4.58. The first-order valence-corrected chi connectivity index (χ1v) is 9.74. The van der Waals surface area contributed by atoms with Crippen LogP contribution in [0.1, 0.15) is 23.6 Å². The van der Waals surface area contributed by atoms with Gasteiger partial charge in [0, 0.05) is 19.2 Å². The van der Waals surface area contributed by atoms with Gasteiger partial charge in [-0.1, -0.05) is 72.8 Å². The van der Waals surface area contributed by atoms with Gasteiger partial charge in [0.25, 0.3) is 0 Å². The van der Waals surface area contributed by atoms with Gasteiger partial charge in [-0.25, -0.2) is 0 Å². The van der Waals surface area contributed by atoms with Crippen molar-refractivity contribution in [2.75, 3.05) is 11.4 Å². The predicted molar refractivity (Wildman–Crippen MR) is 116 cm³/mol. The van der Waals surface area contributed by atoms with Crippen LogP contribution in [0.25, 0.3) is 0 Å². The molecular formula is C25H26N2O2. The van der Waals surface area contributed by atoms with Crippen molar-refractivity contribution in [1.82, 2.24) is 4.90 Å². The first-order chi connectivity index (χ1) is 14.0. The molecule has 3 rings (SSSR count). The molecule has 0 aliphatic heterocycles. The van der Waals surface area contributed by atoms with E-state index in [1.807, 2.05) is 91.9 Å². The molecule has 0 radical (unpaired) electrons. The maximum atomic E-state index is 13.3. The Balaban J connectivity index is 1.82. The molecule has 3 aromatic rings. The van der Waals surface area contributed by atoms with Crippen molar-refractivity contribution in [2.45, 2.75) is 26.9 Å². The van der Waals surface area contributed by atoms with Crippen LogP contribution in [0.3, 0.4) is 0 Å². The standard InChI is InChI=1S/C25H26N2O2/c1-20-11-9-10-14-23(20)18-26(21(2)28)19-25(29)27(24-15-7-4-8-16-24)17-22-12-5-3-6-13-22/h3-16H,17-19H2,1-2H3. The molecule has 148 valence electrons. The van der Waals surface area contributed by atoms with Crippen LogP contribution in [0.4, 0.5) is 5.69 Å². The number of rotatable bonds is 7. The fourth-order valence-electron chi connectivity index (χ4n) is 3.22. The first-order valence-electron chi connectivity index (χ1n) is 9.74. The fraction of sp³-hybridized carbons (Fsp3) is 0.200. The molecule has 0 saturated carbocycles. The number of hydrogen-bond donors (Lipinski definition) is 0. The Morgan fingerprint density at radius 3 is 1.97 bits per heavy atom. The Bertz CT molecular complexity index is 955. The van der Waals surface area contributed by atoms with Gasteiger partial charge in [-0.05, 0) is 35.7 Å². The number of amides is 2. The average Bonchev–Trinajstić information content (AvgIpc) is 2.74. The fourth-order valence-corrected chi connectivity index (χ4v) is 3.22.